The van der Waals surface area contributed by atoms with Gasteiger partial charge in [0.15, 0.2) is 5.17 Å². The summed E-state index contributed by atoms with van der Waals surface area (Å²) in [5, 5.41) is 4.08. The van der Waals surface area contributed by atoms with Gasteiger partial charge in [-0.2, -0.15) is 0 Å². The first kappa shape index (κ1) is 14.3. The van der Waals surface area contributed by atoms with Crippen LogP contribution in [0.1, 0.15) is 12.0 Å². The first-order valence-electron chi connectivity index (χ1n) is 7.77. The molecule has 2 aromatic rings. The molecule has 0 spiro atoms. The Bertz CT molecular complexity index is 773. The quantitative estimate of drug-likeness (QED) is 0.936. The van der Waals surface area contributed by atoms with Crippen LogP contribution in [0.4, 0.5) is 11.4 Å². The molecule has 0 fully saturated rings. The van der Waals surface area contributed by atoms with Crippen LogP contribution in [0.3, 0.4) is 0 Å². The molecule has 0 atom stereocenters. The van der Waals surface area contributed by atoms with Gasteiger partial charge in [0.1, 0.15) is 0 Å². The third-order valence-corrected chi connectivity index (χ3v) is 5.12. The summed E-state index contributed by atoms with van der Waals surface area (Å²) >= 11 is 1.71. The molecule has 1 amide bonds. The summed E-state index contributed by atoms with van der Waals surface area (Å²) in [6, 6.07) is 16.2. The maximum Gasteiger partial charge on any atom is 0.224 e. The van der Waals surface area contributed by atoms with Crippen molar-refractivity contribution in [1.82, 2.24) is 0 Å². The molecular formula is C18H17N3OS. The van der Waals surface area contributed by atoms with Gasteiger partial charge in [0.05, 0.1) is 12.2 Å². The molecule has 23 heavy (non-hydrogen) atoms. The Morgan fingerprint density at radius 1 is 1.22 bits per heavy atom. The number of fused-ring (bicyclic) bond motifs is 3. The van der Waals surface area contributed by atoms with E-state index in [0.717, 1.165) is 36.1 Å². The van der Waals surface area contributed by atoms with Crippen LogP contribution in [0.15, 0.2) is 58.4 Å². The van der Waals surface area contributed by atoms with Gasteiger partial charge in [0.25, 0.3) is 0 Å². The number of thioether (sulfide) groups is 1. The van der Waals surface area contributed by atoms with E-state index in [0.29, 0.717) is 6.42 Å². The van der Waals surface area contributed by atoms with Crippen LogP contribution in [-0.4, -0.2) is 24.2 Å². The average molecular weight is 323 g/mol. The fraction of sp³-hybridized carbons (Fsp3) is 0.222. The number of amidine groups is 1. The van der Waals surface area contributed by atoms with Crippen LogP contribution in [-0.2, 0) is 11.2 Å². The number of aryl methyl sites for hydroxylation is 1. The zero-order valence-corrected chi connectivity index (χ0v) is 13.5. The van der Waals surface area contributed by atoms with Crippen molar-refractivity contribution in [1.29, 1.82) is 0 Å². The van der Waals surface area contributed by atoms with Crippen LogP contribution in [0.2, 0.25) is 0 Å². The molecule has 1 N–H and O–H groups in total. The molecule has 0 aliphatic carbocycles. The van der Waals surface area contributed by atoms with Gasteiger partial charge in [0.2, 0.25) is 5.91 Å². The average Bonchev–Trinajstić information content (AvgIpc) is 3.15. The second-order valence-electron chi connectivity index (χ2n) is 5.63. The lowest BCUT2D eigenvalue weighted by atomic mass is 10.1. The Morgan fingerprint density at radius 2 is 2.09 bits per heavy atom. The molecule has 2 aliphatic heterocycles. The van der Waals surface area contributed by atoms with Gasteiger partial charge in [-0.1, -0.05) is 30.3 Å². The molecule has 0 aromatic heterocycles. The Hall–Kier alpha value is -2.27. The SMILES string of the molecule is O=C(CCc1ccccc1)Nc1ccc2c(c1)N1CCN=C1S2. The zero-order valence-electron chi connectivity index (χ0n) is 12.7. The Labute approximate surface area is 139 Å². The van der Waals surface area contributed by atoms with Crippen LogP contribution >= 0.6 is 11.8 Å². The molecule has 2 aliphatic rings. The summed E-state index contributed by atoms with van der Waals surface area (Å²) in [7, 11) is 0. The first-order chi connectivity index (χ1) is 11.3. The van der Waals surface area contributed by atoms with Crippen LogP contribution in [0, 0.1) is 0 Å². The Kier molecular flexibility index (Phi) is 3.79. The summed E-state index contributed by atoms with van der Waals surface area (Å²) in [5.74, 6) is 0.0507. The molecule has 4 nitrogen and oxygen atoms in total. The molecule has 5 heteroatoms. The van der Waals surface area contributed by atoms with Crippen molar-refractivity contribution >= 4 is 34.2 Å². The standard InChI is InChI=1S/C18H17N3OS/c22-17(9-6-13-4-2-1-3-5-13)20-14-7-8-16-15(12-14)21-11-10-19-18(21)23-16/h1-5,7-8,12H,6,9-11H2,(H,20,22). The third-order valence-electron chi connectivity index (χ3n) is 4.02. The van der Waals surface area contributed by atoms with Crippen molar-refractivity contribution in [3.63, 3.8) is 0 Å². The summed E-state index contributed by atoms with van der Waals surface area (Å²) in [4.78, 5) is 20.1. The van der Waals surface area contributed by atoms with Crippen molar-refractivity contribution in [2.45, 2.75) is 17.7 Å². The molecule has 0 radical (unpaired) electrons. The Morgan fingerprint density at radius 3 is 2.96 bits per heavy atom. The topological polar surface area (TPSA) is 44.7 Å². The van der Waals surface area contributed by atoms with E-state index >= 15 is 0 Å². The number of carbonyl (C=O) groups excluding carboxylic acids is 1. The summed E-state index contributed by atoms with van der Waals surface area (Å²) < 4.78 is 0. The number of nitrogens with one attached hydrogen (secondary N) is 1. The van der Waals surface area contributed by atoms with Gasteiger partial charge >= 0.3 is 0 Å². The van der Waals surface area contributed by atoms with Crippen molar-refractivity contribution in [3.05, 3.63) is 54.1 Å². The summed E-state index contributed by atoms with van der Waals surface area (Å²) in [6.07, 6.45) is 1.25. The smallest absolute Gasteiger partial charge is 0.224 e. The van der Waals surface area contributed by atoms with E-state index in [2.05, 4.69) is 27.3 Å². The minimum atomic E-state index is 0.0507. The minimum absolute atomic E-state index is 0.0507. The lowest BCUT2D eigenvalue weighted by molar-refractivity contribution is -0.116. The second kappa shape index (κ2) is 6.08. The van der Waals surface area contributed by atoms with E-state index in [4.69, 9.17) is 0 Å². The third kappa shape index (κ3) is 2.97. The Balaban J connectivity index is 1.41. The molecule has 0 bridgehead atoms. The second-order valence-corrected chi connectivity index (χ2v) is 6.64. The van der Waals surface area contributed by atoms with Crippen molar-refractivity contribution in [3.8, 4) is 0 Å². The molecular weight excluding hydrogens is 306 g/mol. The van der Waals surface area contributed by atoms with E-state index in [-0.39, 0.29) is 5.91 Å². The van der Waals surface area contributed by atoms with Crippen molar-refractivity contribution in [2.24, 2.45) is 4.99 Å². The number of hydrogen-bond acceptors (Lipinski definition) is 4. The van der Waals surface area contributed by atoms with Crippen LogP contribution < -0.4 is 10.2 Å². The van der Waals surface area contributed by atoms with E-state index in [1.54, 1.807) is 11.8 Å². The number of carbonyl (C=O) groups is 1. The number of nitrogens with zero attached hydrogens (tertiary/aromatic N) is 2. The fourth-order valence-corrected chi connectivity index (χ4v) is 3.92. The normalized spacial score (nSPS) is 15.1. The fourth-order valence-electron chi connectivity index (χ4n) is 2.85. The van der Waals surface area contributed by atoms with Crippen molar-refractivity contribution < 1.29 is 4.79 Å². The zero-order chi connectivity index (χ0) is 15.6. The minimum Gasteiger partial charge on any atom is -0.326 e. The van der Waals surface area contributed by atoms with E-state index in [1.807, 2.05) is 36.4 Å². The molecule has 0 unspecified atom stereocenters. The predicted octanol–water partition coefficient (Wildman–Crippen LogP) is 3.54. The highest BCUT2D eigenvalue weighted by Gasteiger charge is 2.29. The number of hydrogen-bond donors (Lipinski definition) is 1. The van der Waals surface area contributed by atoms with Crippen molar-refractivity contribution in [2.75, 3.05) is 23.3 Å². The maximum atomic E-state index is 12.2. The highest BCUT2D eigenvalue weighted by atomic mass is 32.2. The molecule has 0 saturated carbocycles. The highest BCUT2D eigenvalue weighted by molar-refractivity contribution is 8.14. The number of benzene rings is 2. The van der Waals surface area contributed by atoms with Gasteiger partial charge in [-0.25, -0.2) is 0 Å². The van der Waals surface area contributed by atoms with Crippen LogP contribution in [0.25, 0.3) is 0 Å². The summed E-state index contributed by atoms with van der Waals surface area (Å²) in [5.41, 5.74) is 3.20. The number of rotatable bonds is 4. The molecule has 2 heterocycles. The van der Waals surface area contributed by atoms with E-state index in [9.17, 15) is 4.79 Å². The van der Waals surface area contributed by atoms with Gasteiger partial charge in [0, 0.05) is 23.5 Å². The number of anilines is 2. The van der Waals surface area contributed by atoms with Crippen LogP contribution in [0.5, 0.6) is 0 Å². The predicted molar refractivity (Wildman–Crippen MR) is 95.3 cm³/mol. The lowest BCUT2D eigenvalue weighted by Gasteiger charge is -2.13. The highest BCUT2D eigenvalue weighted by Crippen LogP contribution is 2.43. The maximum absolute atomic E-state index is 12.2. The van der Waals surface area contributed by atoms with Gasteiger partial charge < -0.3 is 10.2 Å². The van der Waals surface area contributed by atoms with E-state index in [1.165, 1.54) is 10.5 Å². The molecule has 0 saturated heterocycles. The number of amides is 1. The molecule has 4 rings (SSSR count). The van der Waals surface area contributed by atoms with Gasteiger partial charge in [-0.3, -0.25) is 9.79 Å². The lowest BCUT2D eigenvalue weighted by Crippen LogP contribution is -2.21. The van der Waals surface area contributed by atoms with Gasteiger partial charge in [-0.15, -0.1) is 0 Å². The van der Waals surface area contributed by atoms with Gasteiger partial charge in [-0.05, 0) is 41.9 Å². The van der Waals surface area contributed by atoms with E-state index < -0.39 is 0 Å². The monoisotopic (exact) mass is 323 g/mol. The molecule has 116 valence electrons. The summed E-state index contributed by atoms with van der Waals surface area (Å²) in [6.45, 7) is 1.79. The molecule has 2 aromatic carbocycles. The number of aliphatic imine (C=N–C) groups is 1. The first-order valence-corrected chi connectivity index (χ1v) is 8.59. The largest absolute Gasteiger partial charge is 0.326 e.